The largest absolute Gasteiger partial charge is 0.294 e. The number of nitrogens with zero attached hydrogens (tertiary/aromatic N) is 5. The summed E-state index contributed by atoms with van der Waals surface area (Å²) in [6, 6.07) is 54.9. The molecule has 50 heavy (non-hydrogen) atoms. The van der Waals surface area contributed by atoms with Crippen molar-refractivity contribution in [1.29, 1.82) is 0 Å². The van der Waals surface area contributed by atoms with Gasteiger partial charge in [-0.1, -0.05) is 121 Å². The SMILES string of the molecule is c1ccc(-c2nc(-c3ccccc3)nc(-c3ccnc(-n4c5ccccc5c5ccc(-c6ccc7c(c6)sc6ccccc67)cc54)c3)n2)cc1. The molecule has 0 atom stereocenters. The topological polar surface area (TPSA) is 56.5 Å². The Labute approximate surface area is 291 Å². The van der Waals surface area contributed by atoms with E-state index in [2.05, 4.69) is 95.6 Å². The molecule has 4 heterocycles. The molecule has 4 aromatic heterocycles. The highest BCUT2D eigenvalue weighted by Gasteiger charge is 2.17. The summed E-state index contributed by atoms with van der Waals surface area (Å²) in [5, 5.41) is 4.97. The predicted molar refractivity (Wildman–Crippen MR) is 207 cm³/mol. The third kappa shape index (κ3) is 4.77. The van der Waals surface area contributed by atoms with Gasteiger partial charge in [-0.15, -0.1) is 11.3 Å². The van der Waals surface area contributed by atoms with E-state index in [9.17, 15) is 0 Å². The first-order chi connectivity index (χ1) is 24.8. The molecular formula is C44H27N5S. The molecule has 0 amide bonds. The highest BCUT2D eigenvalue weighted by atomic mass is 32.1. The van der Waals surface area contributed by atoms with Gasteiger partial charge in [0.05, 0.1) is 11.0 Å². The van der Waals surface area contributed by atoms with E-state index in [-0.39, 0.29) is 0 Å². The molecule has 234 valence electrons. The number of hydrogen-bond donors (Lipinski definition) is 0. The van der Waals surface area contributed by atoms with Gasteiger partial charge in [0.15, 0.2) is 17.5 Å². The summed E-state index contributed by atoms with van der Waals surface area (Å²) in [6.07, 6.45) is 1.85. The van der Waals surface area contributed by atoms with E-state index in [1.807, 2.05) is 84.3 Å². The normalized spacial score (nSPS) is 11.6. The summed E-state index contributed by atoms with van der Waals surface area (Å²) in [5.41, 5.74) is 7.28. The number of hydrogen-bond acceptors (Lipinski definition) is 5. The minimum Gasteiger partial charge on any atom is -0.294 e. The molecule has 0 radical (unpaired) electrons. The lowest BCUT2D eigenvalue weighted by molar-refractivity contribution is 1.05. The van der Waals surface area contributed by atoms with E-state index in [0.29, 0.717) is 17.5 Å². The van der Waals surface area contributed by atoms with Crippen molar-refractivity contribution in [3.05, 3.63) is 164 Å². The summed E-state index contributed by atoms with van der Waals surface area (Å²) < 4.78 is 4.86. The van der Waals surface area contributed by atoms with Crippen molar-refractivity contribution >= 4 is 53.3 Å². The van der Waals surface area contributed by atoms with E-state index < -0.39 is 0 Å². The standard InChI is InChI=1S/C44H27N5S/c1-3-11-28(12-4-1)42-46-43(29-13-5-2-6-14-29)48-44(47-42)32-23-24-45-41(27-32)49-37-17-9-7-15-33(37)34-21-19-30(25-38(34)49)31-20-22-36-35-16-8-10-18-39(35)50-40(36)26-31/h1-27H. The van der Waals surface area contributed by atoms with Crippen LogP contribution in [-0.2, 0) is 0 Å². The lowest BCUT2D eigenvalue weighted by Gasteiger charge is -2.11. The summed E-state index contributed by atoms with van der Waals surface area (Å²) in [7, 11) is 0. The molecule has 10 rings (SSSR count). The Kier molecular flexibility index (Phi) is 6.60. The average Bonchev–Trinajstić information content (AvgIpc) is 3.73. The zero-order valence-electron chi connectivity index (χ0n) is 26.7. The number of benzene rings is 6. The molecule has 5 nitrogen and oxygen atoms in total. The third-order valence-corrected chi connectivity index (χ3v) is 10.5. The summed E-state index contributed by atoms with van der Waals surface area (Å²) in [5.74, 6) is 2.66. The van der Waals surface area contributed by atoms with Gasteiger partial charge in [0.2, 0.25) is 0 Å². The van der Waals surface area contributed by atoms with Crippen LogP contribution in [0.25, 0.3) is 93.1 Å². The van der Waals surface area contributed by atoms with Crippen LogP contribution in [0.3, 0.4) is 0 Å². The first kappa shape index (κ1) is 28.5. The van der Waals surface area contributed by atoms with Crippen LogP contribution in [0.4, 0.5) is 0 Å². The Bertz CT molecular complexity index is 2820. The smallest absolute Gasteiger partial charge is 0.164 e. The van der Waals surface area contributed by atoms with Crippen LogP contribution in [0, 0.1) is 0 Å². The number of aromatic nitrogens is 5. The number of para-hydroxylation sites is 1. The van der Waals surface area contributed by atoms with Crippen LogP contribution in [0.1, 0.15) is 0 Å². The Hall–Kier alpha value is -6.50. The maximum atomic E-state index is 4.98. The summed E-state index contributed by atoms with van der Waals surface area (Å²) >= 11 is 1.84. The molecule has 6 heteroatoms. The lowest BCUT2D eigenvalue weighted by atomic mass is 10.0. The molecular weight excluding hydrogens is 631 g/mol. The van der Waals surface area contributed by atoms with E-state index in [0.717, 1.165) is 39.1 Å². The minimum absolute atomic E-state index is 0.597. The highest BCUT2D eigenvalue weighted by Crippen LogP contribution is 2.39. The average molecular weight is 658 g/mol. The fourth-order valence-corrected chi connectivity index (χ4v) is 8.07. The van der Waals surface area contributed by atoms with Crippen molar-refractivity contribution in [1.82, 2.24) is 24.5 Å². The maximum absolute atomic E-state index is 4.98. The number of rotatable bonds is 5. The van der Waals surface area contributed by atoms with Gasteiger partial charge < -0.3 is 0 Å². The second-order valence-corrected chi connectivity index (χ2v) is 13.4. The maximum Gasteiger partial charge on any atom is 0.164 e. The van der Waals surface area contributed by atoms with Crippen molar-refractivity contribution in [3.63, 3.8) is 0 Å². The van der Waals surface area contributed by atoms with Crippen molar-refractivity contribution in [3.8, 4) is 51.1 Å². The Morgan fingerprint density at radius 2 is 0.940 bits per heavy atom. The lowest BCUT2D eigenvalue weighted by Crippen LogP contribution is -2.02. The molecule has 0 aliphatic rings. The van der Waals surface area contributed by atoms with Crippen molar-refractivity contribution in [2.24, 2.45) is 0 Å². The van der Waals surface area contributed by atoms with Gasteiger partial charge in [0.25, 0.3) is 0 Å². The molecule has 0 bridgehead atoms. The van der Waals surface area contributed by atoms with Gasteiger partial charge in [-0.05, 0) is 47.5 Å². The van der Waals surface area contributed by atoms with Crippen LogP contribution in [-0.4, -0.2) is 24.5 Å². The van der Waals surface area contributed by atoms with Crippen LogP contribution in [0.5, 0.6) is 0 Å². The van der Waals surface area contributed by atoms with E-state index >= 15 is 0 Å². The Morgan fingerprint density at radius 3 is 1.68 bits per heavy atom. The van der Waals surface area contributed by atoms with Crippen LogP contribution >= 0.6 is 11.3 Å². The van der Waals surface area contributed by atoms with E-state index in [1.54, 1.807) is 0 Å². The van der Waals surface area contributed by atoms with Gasteiger partial charge in [0, 0.05) is 53.8 Å². The second-order valence-electron chi connectivity index (χ2n) is 12.3. The fourth-order valence-electron chi connectivity index (χ4n) is 6.92. The van der Waals surface area contributed by atoms with Gasteiger partial charge in [-0.3, -0.25) is 4.57 Å². The highest BCUT2D eigenvalue weighted by molar-refractivity contribution is 7.25. The molecule has 0 fully saturated rings. The number of fused-ring (bicyclic) bond motifs is 6. The molecule has 0 saturated carbocycles. The molecule has 0 saturated heterocycles. The van der Waals surface area contributed by atoms with Crippen LogP contribution in [0.2, 0.25) is 0 Å². The molecule has 10 aromatic rings. The molecule has 0 spiro atoms. The first-order valence-electron chi connectivity index (χ1n) is 16.6. The quantitative estimate of drug-likeness (QED) is 0.185. The minimum atomic E-state index is 0.597. The first-order valence-corrected chi connectivity index (χ1v) is 17.4. The van der Waals surface area contributed by atoms with E-state index in [1.165, 1.54) is 36.5 Å². The third-order valence-electron chi connectivity index (χ3n) is 9.32. The second kappa shape index (κ2) is 11.6. The Balaban J connectivity index is 1.14. The van der Waals surface area contributed by atoms with E-state index in [4.69, 9.17) is 19.9 Å². The Morgan fingerprint density at radius 1 is 0.380 bits per heavy atom. The fraction of sp³-hybridized carbons (Fsp3) is 0. The monoisotopic (exact) mass is 657 g/mol. The molecule has 0 aliphatic carbocycles. The number of thiophene rings is 1. The predicted octanol–water partition coefficient (Wildman–Crippen LogP) is 11.4. The summed E-state index contributed by atoms with van der Waals surface area (Å²) in [4.78, 5) is 19.8. The molecule has 6 aromatic carbocycles. The van der Waals surface area contributed by atoms with Crippen molar-refractivity contribution < 1.29 is 0 Å². The number of pyridine rings is 1. The van der Waals surface area contributed by atoms with Crippen LogP contribution in [0.15, 0.2) is 164 Å². The van der Waals surface area contributed by atoms with Crippen LogP contribution < -0.4 is 0 Å². The zero-order valence-corrected chi connectivity index (χ0v) is 27.5. The van der Waals surface area contributed by atoms with Crippen molar-refractivity contribution in [2.45, 2.75) is 0 Å². The zero-order chi connectivity index (χ0) is 33.0. The van der Waals surface area contributed by atoms with Crippen molar-refractivity contribution in [2.75, 3.05) is 0 Å². The molecule has 0 aliphatic heterocycles. The van der Waals surface area contributed by atoms with Gasteiger partial charge in [-0.2, -0.15) is 0 Å². The van der Waals surface area contributed by atoms with Gasteiger partial charge in [0.1, 0.15) is 5.82 Å². The molecule has 0 N–H and O–H groups in total. The van der Waals surface area contributed by atoms with Gasteiger partial charge in [-0.25, -0.2) is 19.9 Å². The molecule has 0 unspecified atom stereocenters. The van der Waals surface area contributed by atoms with Gasteiger partial charge >= 0.3 is 0 Å². The summed E-state index contributed by atoms with van der Waals surface area (Å²) in [6.45, 7) is 0.